The second kappa shape index (κ2) is 10.0. The van der Waals surface area contributed by atoms with E-state index < -0.39 is 0 Å². The van der Waals surface area contributed by atoms with E-state index in [0.717, 1.165) is 36.6 Å². The Labute approximate surface area is 148 Å². The molecule has 0 saturated heterocycles. The lowest BCUT2D eigenvalue weighted by Crippen LogP contribution is -2.23. The van der Waals surface area contributed by atoms with Crippen molar-refractivity contribution in [1.82, 2.24) is 10.2 Å². The molecule has 5 nitrogen and oxygen atoms in total. The first-order valence-corrected chi connectivity index (χ1v) is 9.17. The summed E-state index contributed by atoms with van der Waals surface area (Å²) in [7, 11) is 0. The largest absolute Gasteiger partial charge is 0.494 e. The summed E-state index contributed by atoms with van der Waals surface area (Å²) in [5.41, 5.74) is 0.842. The third-order valence-electron chi connectivity index (χ3n) is 4.22. The summed E-state index contributed by atoms with van der Waals surface area (Å²) in [6.07, 6.45) is 4.91. The zero-order valence-electron chi connectivity index (χ0n) is 15.1. The first-order chi connectivity index (χ1) is 12.2. The molecule has 0 saturated carbocycles. The molecule has 0 fully saturated rings. The molecule has 1 heterocycles. The number of fused-ring (bicyclic) bond motifs is 1. The summed E-state index contributed by atoms with van der Waals surface area (Å²) in [4.78, 5) is 12.5. The minimum atomic E-state index is -0.322. The van der Waals surface area contributed by atoms with Crippen molar-refractivity contribution in [3.05, 3.63) is 18.2 Å². The minimum Gasteiger partial charge on any atom is -0.494 e. The van der Waals surface area contributed by atoms with Crippen LogP contribution >= 0.6 is 0 Å². The number of aromatic nitrogens is 2. The molecule has 0 radical (unpaired) electrons. The highest BCUT2D eigenvalue weighted by atomic mass is 19.1. The third kappa shape index (κ3) is 5.44. The highest BCUT2D eigenvalue weighted by Crippen LogP contribution is 2.26. The molecular weight excluding hydrogens is 321 g/mol. The summed E-state index contributed by atoms with van der Waals surface area (Å²) in [5.74, 6) is 1.27. The number of aromatic amines is 1. The lowest BCUT2D eigenvalue weighted by molar-refractivity contribution is -0.120. The minimum absolute atomic E-state index is 0.0156. The number of nitrogens with zero attached hydrogens (tertiary/aromatic N) is 1. The monoisotopic (exact) mass is 349 g/mol. The molecule has 2 rings (SSSR count). The second-order valence-corrected chi connectivity index (χ2v) is 6.29. The van der Waals surface area contributed by atoms with Crippen LogP contribution < -0.4 is 10.1 Å². The van der Waals surface area contributed by atoms with Crippen molar-refractivity contribution in [2.45, 2.75) is 52.4 Å². The molecule has 1 aromatic heterocycles. The normalized spacial score (nSPS) is 11.2. The second-order valence-electron chi connectivity index (χ2n) is 6.29. The number of benzene rings is 1. The number of carbonyl (C=O) groups is 1. The molecule has 0 atom stereocenters. The number of unbranched alkanes of at least 4 members (excludes halogenated alkanes) is 1. The van der Waals surface area contributed by atoms with E-state index in [4.69, 9.17) is 4.74 Å². The molecule has 0 bridgehead atoms. The molecule has 2 N–H and O–H groups in total. The molecule has 25 heavy (non-hydrogen) atoms. The van der Waals surface area contributed by atoms with Crippen molar-refractivity contribution in [2.75, 3.05) is 18.6 Å². The van der Waals surface area contributed by atoms with Crippen molar-refractivity contribution in [1.29, 1.82) is 0 Å². The maximum absolute atomic E-state index is 12.5. The zero-order valence-corrected chi connectivity index (χ0v) is 15.1. The number of carbonyl (C=O) groups excluding carboxylic acids is 1. The Kier molecular flexibility index (Phi) is 7.70. The quantitative estimate of drug-likeness (QED) is 0.570. The van der Waals surface area contributed by atoms with Gasteiger partial charge in [-0.2, -0.15) is 5.10 Å². The average Bonchev–Trinajstić information content (AvgIpc) is 3.01. The van der Waals surface area contributed by atoms with Crippen LogP contribution in [-0.2, 0) is 4.79 Å². The van der Waals surface area contributed by atoms with Gasteiger partial charge in [0.1, 0.15) is 5.75 Å². The number of nitrogens with one attached hydrogen (secondary N) is 2. The molecule has 1 amide bonds. The van der Waals surface area contributed by atoms with Crippen molar-refractivity contribution in [2.24, 2.45) is 5.92 Å². The lowest BCUT2D eigenvalue weighted by Gasteiger charge is -2.14. The van der Waals surface area contributed by atoms with Crippen molar-refractivity contribution < 1.29 is 13.9 Å². The first kappa shape index (κ1) is 19.2. The maximum atomic E-state index is 12.5. The summed E-state index contributed by atoms with van der Waals surface area (Å²) in [6.45, 7) is 4.33. The van der Waals surface area contributed by atoms with Crippen molar-refractivity contribution >= 4 is 22.6 Å². The smallest absolute Gasteiger partial charge is 0.228 e. The Morgan fingerprint density at radius 3 is 2.72 bits per heavy atom. The Balaban J connectivity index is 2.08. The Morgan fingerprint density at radius 1 is 1.28 bits per heavy atom. The molecule has 138 valence electrons. The fourth-order valence-corrected chi connectivity index (χ4v) is 2.89. The number of ether oxygens (including phenoxy) is 1. The van der Waals surface area contributed by atoms with Crippen LogP contribution in [0.5, 0.6) is 5.75 Å². The van der Waals surface area contributed by atoms with E-state index in [1.807, 2.05) is 18.2 Å². The Morgan fingerprint density at radius 2 is 2.04 bits per heavy atom. The highest BCUT2D eigenvalue weighted by molar-refractivity contribution is 6.00. The van der Waals surface area contributed by atoms with Gasteiger partial charge in [-0.05, 0) is 43.9 Å². The highest BCUT2D eigenvalue weighted by Gasteiger charge is 2.19. The molecule has 2 aromatic rings. The molecular formula is C19H28FN3O2. The van der Waals surface area contributed by atoms with Gasteiger partial charge in [0.05, 0.1) is 18.8 Å². The van der Waals surface area contributed by atoms with Crippen LogP contribution in [0.4, 0.5) is 10.2 Å². The Hall–Kier alpha value is -2.11. The number of H-pyrrole nitrogens is 1. The van der Waals surface area contributed by atoms with E-state index in [9.17, 15) is 9.18 Å². The van der Waals surface area contributed by atoms with Crippen LogP contribution in [0.2, 0.25) is 0 Å². The van der Waals surface area contributed by atoms with Gasteiger partial charge in [-0.1, -0.05) is 26.7 Å². The summed E-state index contributed by atoms with van der Waals surface area (Å²) in [5, 5.41) is 10.9. The van der Waals surface area contributed by atoms with Crippen LogP contribution in [0.3, 0.4) is 0 Å². The molecule has 1 aromatic carbocycles. The summed E-state index contributed by atoms with van der Waals surface area (Å²) in [6, 6.07) is 5.58. The Bertz CT molecular complexity index is 666. The van der Waals surface area contributed by atoms with Crippen LogP contribution in [0, 0.1) is 5.92 Å². The van der Waals surface area contributed by atoms with Gasteiger partial charge in [-0.3, -0.25) is 14.3 Å². The van der Waals surface area contributed by atoms with Crippen LogP contribution in [0.1, 0.15) is 52.4 Å². The summed E-state index contributed by atoms with van der Waals surface area (Å²) >= 11 is 0. The molecule has 0 spiro atoms. The van der Waals surface area contributed by atoms with Gasteiger partial charge in [0.2, 0.25) is 5.91 Å². The molecule has 6 heteroatoms. The van der Waals surface area contributed by atoms with Crippen LogP contribution in [-0.4, -0.2) is 29.4 Å². The van der Waals surface area contributed by atoms with Gasteiger partial charge in [0.15, 0.2) is 5.82 Å². The van der Waals surface area contributed by atoms with E-state index in [-0.39, 0.29) is 18.5 Å². The van der Waals surface area contributed by atoms with E-state index in [0.29, 0.717) is 31.0 Å². The molecule has 0 aliphatic carbocycles. The number of amides is 1. The first-order valence-electron chi connectivity index (χ1n) is 9.17. The standard InChI is InChI=1S/C19H28FN3O2/c1-3-7-14(8-4-2)19(24)21-18-16-13-15(25-12-6-5-11-20)9-10-17(16)22-23-18/h9-10,13-14H,3-8,11-12H2,1-2H3,(H2,21,22,23,24). The summed E-state index contributed by atoms with van der Waals surface area (Å²) < 4.78 is 17.8. The van der Waals surface area contributed by atoms with Crippen LogP contribution in [0.15, 0.2) is 18.2 Å². The van der Waals surface area contributed by atoms with Crippen molar-refractivity contribution in [3.63, 3.8) is 0 Å². The van der Waals surface area contributed by atoms with Gasteiger partial charge >= 0.3 is 0 Å². The fraction of sp³-hybridized carbons (Fsp3) is 0.579. The van der Waals surface area contributed by atoms with Gasteiger partial charge < -0.3 is 10.1 Å². The van der Waals surface area contributed by atoms with E-state index in [2.05, 4.69) is 29.4 Å². The van der Waals surface area contributed by atoms with Gasteiger partial charge in [0, 0.05) is 11.3 Å². The predicted octanol–water partition coefficient (Wildman–Crippen LogP) is 4.85. The number of halogens is 1. The van der Waals surface area contributed by atoms with Crippen LogP contribution in [0.25, 0.3) is 10.9 Å². The number of hydrogen-bond acceptors (Lipinski definition) is 3. The lowest BCUT2D eigenvalue weighted by atomic mass is 9.97. The van der Waals surface area contributed by atoms with E-state index in [1.165, 1.54) is 0 Å². The van der Waals surface area contributed by atoms with Gasteiger partial charge in [0.25, 0.3) is 0 Å². The van der Waals surface area contributed by atoms with E-state index >= 15 is 0 Å². The average molecular weight is 349 g/mol. The van der Waals surface area contributed by atoms with Gasteiger partial charge in [-0.25, -0.2) is 0 Å². The SMILES string of the molecule is CCCC(CCC)C(=O)Nc1n[nH]c2ccc(OCCCCF)cc12. The molecule has 0 unspecified atom stereocenters. The van der Waals surface area contributed by atoms with Gasteiger partial charge in [-0.15, -0.1) is 0 Å². The fourth-order valence-electron chi connectivity index (χ4n) is 2.89. The number of alkyl halides is 1. The third-order valence-corrected chi connectivity index (χ3v) is 4.22. The number of rotatable bonds is 11. The predicted molar refractivity (Wildman–Crippen MR) is 98.7 cm³/mol. The van der Waals surface area contributed by atoms with E-state index in [1.54, 1.807) is 0 Å². The topological polar surface area (TPSA) is 67.0 Å². The molecule has 0 aliphatic heterocycles. The zero-order chi connectivity index (χ0) is 18.1. The number of hydrogen-bond donors (Lipinski definition) is 2. The maximum Gasteiger partial charge on any atom is 0.228 e. The van der Waals surface area contributed by atoms with Crippen molar-refractivity contribution in [3.8, 4) is 5.75 Å². The molecule has 0 aliphatic rings. The number of anilines is 1.